The lowest BCUT2D eigenvalue weighted by Gasteiger charge is -2.30. The molecule has 0 fully saturated rings. The second-order valence-electron chi connectivity index (χ2n) is 9.49. The van der Waals surface area contributed by atoms with Crippen LogP contribution >= 0.6 is 43.2 Å². The molecule has 218 valence electrons. The van der Waals surface area contributed by atoms with Gasteiger partial charge in [-0.05, 0) is 69.3 Å². The number of benzene rings is 2. The average molecular weight is 715 g/mol. The van der Waals surface area contributed by atoms with E-state index in [2.05, 4.69) is 31.9 Å². The lowest BCUT2D eigenvalue weighted by atomic mass is 9.93. The van der Waals surface area contributed by atoms with Crippen molar-refractivity contribution in [1.29, 1.82) is 0 Å². The Kier molecular flexibility index (Phi) is 8.91. The number of hydrogen-bond acceptors (Lipinski definition) is 7. The number of rotatable bonds is 8. The van der Waals surface area contributed by atoms with Gasteiger partial charge in [0.1, 0.15) is 29.1 Å². The van der Waals surface area contributed by atoms with Crippen molar-refractivity contribution >= 4 is 55.2 Å². The highest BCUT2D eigenvalue weighted by molar-refractivity contribution is 9.11. The van der Waals surface area contributed by atoms with Crippen LogP contribution in [0.2, 0.25) is 0 Å². The first-order valence-corrected chi connectivity index (χ1v) is 15.7. The number of carbonyl (C=O) groups excluding carboxylic acids is 1. The van der Waals surface area contributed by atoms with Gasteiger partial charge in [-0.3, -0.25) is 14.2 Å². The van der Waals surface area contributed by atoms with Gasteiger partial charge in [0.2, 0.25) is 0 Å². The minimum absolute atomic E-state index is 0.180. The van der Waals surface area contributed by atoms with Gasteiger partial charge in [0.15, 0.2) is 4.80 Å². The molecule has 0 saturated heterocycles. The van der Waals surface area contributed by atoms with Gasteiger partial charge in [-0.25, -0.2) is 4.99 Å². The summed E-state index contributed by atoms with van der Waals surface area (Å²) in [6.45, 7) is 6.71. The summed E-state index contributed by atoms with van der Waals surface area (Å²) >= 11 is 8.33. The zero-order chi connectivity index (χ0) is 30.1. The molecule has 1 atom stereocenters. The summed E-state index contributed by atoms with van der Waals surface area (Å²) in [4.78, 5) is 35.0. The van der Waals surface area contributed by atoms with Crippen LogP contribution < -0.4 is 24.4 Å². The van der Waals surface area contributed by atoms with E-state index in [1.807, 2.05) is 57.2 Å². The van der Waals surface area contributed by atoms with Gasteiger partial charge in [-0.1, -0.05) is 43.2 Å². The van der Waals surface area contributed by atoms with Gasteiger partial charge in [-0.15, -0.1) is 0 Å². The fourth-order valence-electron chi connectivity index (χ4n) is 5.01. The molecular weight excluding hydrogens is 686 g/mol. The van der Waals surface area contributed by atoms with Crippen LogP contribution in [0.1, 0.15) is 38.1 Å². The summed E-state index contributed by atoms with van der Waals surface area (Å²) in [7, 11) is 3.14. The van der Waals surface area contributed by atoms with E-state index >= 15 is 0 Å². The molecule has 1 aliphatic heterocycles. The van der Waals surface area contributed by atoms with E-state index in [4.69, 9.17) is 18.9 Å². The van der Waals surface area contributed by atoms with Crippen LogP contribution in [0.5, 0.6) is 11.5 Å². The SMILES string of the molecule is CCN(CC)C(=O)C1=C(C)N=c2s/c(=C\c3ccc(-c4cc(Br)ccc4Br)o3)c(=O)n2[C@H]1c1cc(OC)ccc1OC. The summed E-state index contributed by atoms with van der Waals surface area (Å²) in [5.41, 5.74) is 2.20. The number of amides is 1. The van der Waals surface area contributed by atoms with Crippen molar-refractivity contribution in [2.45, 2.75) is 26.8 Å². The Balaban J connectivity index is 1.71. The second-order valence-corrected chi connectivity index (χ2v) is 12.3. The lowest BCUT2D eigenvalue weighted by molar-refractivity contribution is -0.127. The van der Waals surface area contributed by atoms with Crippen molar-refractivity contribution < 1.29 is 18.7 Å². The molecule has 4 aromatic rings. The molecule has 42 heavy (non-hydrogen) atoms. The van der Waals surface area contributed by atoms with Gasteiger partial charge in [0.05, 0.1) is 30.0 Å². The molecule has 1 amide bonds. The number of carbonyl (C=O) groups is 1. The molecule has 0 radical (unpaired) electrons. The Bertz CT molecular complexity index is 1880. The predicted molar refractivity (Wildman–Crippen MR) is 171 cm³/mol. The van der Waals surface area contributed by atoms with Crippen molar-refractivity contribution in [2.24, 2.45) is 4.99 Å². The van der Waals surface area contributed by atoms with Gasteiger partial charge in [0.25, 0.3) is 11.5 Å². The predicted octanol–water partition coefficient (Wildman–Crippen LogP) is 5.91. The van der Waals surface area contributed by atoms with Crippen molar-refractivity contribution in [3.8, 4) is 22.8 Å². The third-order valence-electron chi connectivity index (χ3n) is 7.13. The van der Waals surface area contributed by atoms with Gasteiger partial charge < -0.3 is 18.8 Å². The molecule has 0 unspecified atom stereocenters. The number of thiazole rings is 1. The van der Waals surface area contributed by atoms with Crippen LogP contribution in [0.3, 0.4) is 0 Å². The highest BCUT2D eigenvalue weighted by atomic mass is 79.9. The van der Waals surface area contributed by atoms with Crippen molar-refractivity contribution in [3.05, 3.63) is 99.8 Å². The van der Waals surface area contributed by atoms with Crippen LogP contribution in [0, 0.1) is 0 Å². The molecule has 5 rings (SSSR count). The zero-order valence-electron chi connectivity index (χ0n) is 23.7. The van der Waals surface area contributed by atoms with E-state index in [1.165, 1.54) is 11.3 Å². The van der Waals surface area contributed by atoms with Gasteiger partial charge >= 0.3 is 0 Å². The molecule has 8 nitrogen and oxygen atoms in total. The van der Waals surface area contributed by atoms with E-state index in [1.54, 1.807) is 41.9 Å². The van der Waals surface area contributed by atoms with Crippen LogP contribution in [0.25, 0.3) is 17.4 Å². The minimum Gasteiger partial charge on any atom is -0.497 e. The van der Waals surface area contributed by atoms with Crippen LogP contribution in [0.15, 0.2) is 83.0 Å². The number of nitrogens with zero attached hydrogens (tertiary/aromatic N) is 3. The maximum Gasteiger partial charge on any atom is 0.271 e. The van der Waals surface area contributed by atoms with E-state index < -0.39 is 6.04 Å². The molecule has 0 aliphatic carbocycles. The second kappa shape index (κ2) is 12.4. The number of halogens is 2. The number of fused-ring (bicyclic) bond motifs is 1. The van der Waals surface area contributed by atoms with Crippen LogP contribution in [0.4, 0.5) is 0 Å². The number of ether oxygens (including phenoxy) is 2. The number of allylic oxidation sites excluding steroid dienone is 1. The van der Waals surface area contributed by atoms with Gasteiger partial charge in [-0.2, -0.15) is 0 Å². The molecule has 11 heteroatoms. The summed E-state index contributed by atoms with van der Waals surface area (Å²) in [6.07, 6.45) is 1.71. The Hall–Kier alpha value is -3.41. The van der Waals surface area contributed by atoms with Crippen molar-refractivity contribution in [3.63, 3.8) is 0 Å². The highest BCUT2D eigenvalue weighted by Crippen LogP contribution is 2.38. The van der Waals surface area contributed by atoms with Crippen molar-refractivity contribution in [2.75, 3.05) is 27.3 Å². The maximum atomic E-state index is 14.1. The van der Waals surface area contributed by atoms with Gasteiger partial charge in [0, 0.05) is 39.2 Å². The minimum atomic E-state index is -0.772. The monoisotopic (exact) mass is 713 g/mol. The third-order valence-corrected chi connectivity index (χ3v) is 9.30. The summed E-state index contributed by atoms with van der Waals surface area (Å²) < 4.78 is 21.2. The smallest absolute Gasteiger partial charge is 0.271 e. The van der Waals surface area contributed by atoms with Crippen molar-refractivity contribution in [1.82, 2.24) is 9.47 Å². The van der Waals surface area contributed by atoms with E-state index in [0.29, 0.717) is 62.3 Å². The molecule has 1 aliphatic rings. The Morgan fingerprint density at radius 2 is 1.86 bits per heavy atom. The first kappa shape index (κ1) is 30.1. The first-order valence-electron chi connectivity index (χ1n) is 13.3. The number of methoxy groups -OCH3 is 2. The molecule has 0 spiro atoms. The molecule has 3 heterocycles. The molecule has 0 bridgehead atoms. The average Bonchev–Trinajstić information content (AvgIpc) is 3.57. The van der Waals surface area contributed by atoms with E-state index in [0.717, 1.165) is 14.5 Å². The standard InChI is InChI=1S/C31H29Br2N3O5S/c1-6-35(7-2)30(38)27-17(3)34-31-36(28(27)22-15-19(39-4)9-12-24(22)40-5)29(37)26(42-31)16-20-10-13-25(41-20)21-14-18(32)8-11-23(21)33/h8-16,28H,6-7H2,1-5H3/b26-16-/t28-/m0/s1. The summed E-state index contributed by atoms with van der Waals surface area (Å²) in [5, 5.41) is 0. The Morgan fingerprint density at radius 3 is 2.55 bits per heavy atom. The zero-order valence-corrected chi connectivity index (χ0v) is 27.7. The molecule has 2 aromatic carbocycles. The topological polar surface area (TPSA) is 86.3 Å². The maximum absolute atomic E-state index is 14.1. The molecule has 0 N–H and O–H groups in total. The fraction of sp³-hybridized carbons (Fsp3) is 0.258. The Labute approximate surface area is 263 Å². The molecular formula is C31H29Br2N3O5S. The quantitative estimate of drug-likeness (QED) is 0.227. The van der Waals surface area contributed by atoms with E-state index in [-0.39, 0.29) is 11.5 Å². The van der Waals surface area contributed by atoms with Crippen LogP contribution in [-0.4, -0.2) is 42.7 Å². The molecule has 0 saturated carbocycles. The molecule has 2 aromatic heterocycles. The number of hydrogen-bond donors (Lipinski definition) is 0. The first-order chi connectivity index (χ1) is 20.2. The Morgan fingerprint density at radius 1 is 1.10 bits per heavy atom. The number of furan rings is 1. The third kappa shape index (κ3) is 5.52. The van der Waals surface area contributed by atoms with E-state index in [9.17, 15) is 9.59 Å². The lowest BCUT2D eigenvalue weighted by Crippen LogP contribution is -2.43. The normalized spacial score (nSPS) is 14.9. The fourth-order valence-corrected chi connectivity index (χ4v) is 6.84. The summed E-state index contributed by atoms with van der Waals surface area (Å²) in [6, 6.07) is 14.1. The summed E-state index contributed by atoms with van der Waals surface area (Å²) in [5.74, 6) is 2.11. The number of likely N-dealkylation sites (N-methyl/N-ethyl adjacent to an activating group) is 1. The van der Waals surface area contributed by atoms with Crippen LogP contribution in [-0.2, 0) is 4.79 Å². The highest BCUT2D eigenvalue weighted by Gasteiger charge is 2.36. The number of aromatic nitrogens is 1. The largest absolute Gasteiger partial charge is 0.497 e.